The number of hydrogen-bond donors (Lipinski definition) is 0. The van der Waals surface area contributed by atoms with Gasteiger partial charge in [0.05, 0.1) is 0 Å². The van der Waals surface area contributed by atoms with E-state index in [1.54, 1.807) is 0 Å². The highest BCUT2D eigenvalue weighted by Crippen LogP contribution is 2.67. The van der Waals surface area contributed by atoms with Crippen molar-refractivity contribution in [3.8, 4) is 0 Å². The molecule has 0 heterocycles. The Labute approximate surface area is 158 Å². The van der Waals surface area contributed by atoms with Gasteiger partial charge >= 0.3 is 0 Å². The monoisotopic (exact) mass is 360 g/mol. The van der Waals surface area contributed by atoms with Gasteiger partial charge in [-0.3, -0.25) is 9.59 Å². The Bertz CT molecular complexity index is 584. The van der Waals surface area contributed by atoms with Crippen molar-refractivity contribution in [1.82, 2.24) is 0 Å². The van der Waals surface area contributed by atoms with Crippen molar-refractivity contribution in [3.05, 3.63) is 0 Å². The zero-order valence-electron chi connectivity index (χ0n) is 17.0. The van der Waals surface area contributed by atoms with Crippen LogP contribution in [0.25, 0.3) is 0 Å². The first-order chi connectivity index (χ1) is 12.3. The molecule has 0 aliphatic heterocycles. The largest absolute Gasteiger partial charge is 0.465 e. The van der Waals surface area contributed by atoms with Gasteiger partial charge in [0, 0.05) is 12.3 Å². The van der Waals surface area contributed by atoms with E-state index in [0.29, 0.717) is 41.3 Å². The molecule has 4 rings (SSSR count). The molecule has 3 nitrogen and oxygen atoms in total. The minimum Gasteiger partial charge on any atom is -0.465 e. The third-order valence-electron chi connectivity index (χ3n) is 9.55. The Balaban J connectivity index is 1.61. The number of ketones is 1. The van der Waals surface area contributed by atoms with Gasteiger partial charge in [-0.15, -0.1) is 0 Å². The molecule has 4 aliphatic carbocycles. The highest BCUT2D eigenvalue weighted by molar-refractivity contribution is 5.83. The Hall–Kier alpha value is -0.860. The maximum absolute atomic E-state index is 13.3. The second kappa shape index (κ2) is 6.34. The van der Waals surface area contributed by atoms with Gasteiger partial charge in [-0.25, -0.2) is 0 Å². The minimum absolute atomic E-state index is 0.0283. The first-order valence-corrected chi connectivity index (χ1v) is 10.9. The summed E-state index contributed by atoms with van der Waals surface area (Å²) in [5, 5.41) is 0. The number of fused-ring (bicyclic) bond motifs is 5. The number of Topliss-reactive ketones (excluding diaryl/α,β-unsaturated/α-hetero) is 1. The summed E-state index contributed by atoms with van der Waals surface area (Å²) in [5.74, 6) is 3.88. The van der Waals surface area contributed by atoms with Crippen LogP contribution in [0.2, 0.25) is 0 Å². The lowest BCUT2D eigenvalue weighted by molar-refractivity contribution is -0.164. The lowest BCUT2D eigenvalue weighted by Crippen LogP contribution is -2.57. The summed E-state index contributed by atoms with van der Waals surface area (Å²) in [6, 6.07) is 0. The molecule has 4 aliphatic rings. The van der Waals surface area contributed by atoms with Crippen LogP contribution in [0.15, 0.2) is 0 Å². The van der Waals surface area contributed by atoms with Crippen molar-refractivity contribution in [3.63, 3.8) is 0 Å². The van der Waals surface area contributed by atoms with E-state index >= 15 is 0 Å². The minimum atomic E-state index is 0.0283. The molecule has 0 spiro atoms. The molecule has 3 unspecified atom stereocenters. The second-order valence-corrected chi connectivity index (χ2v) is 10.7. The van der Waals surface area contributed by atoms with Crippen LogP contribution in [0.5, 0.6) is 0 Å². The molecule has 0 N–H and O–H groups in total. The molecule has 0 aromatic rings. The molecule has 0 bridgehead atoms. The fourth-order valence-corrected chi connectivity index (χ4v) is 8.23. The summed E-state index contributed by atoms with van der Waals surface area (Å²) >= 11 is 0. The van der Waals surface area contributed by atoms with E-state index in [9.17, 15) is 9.59 Å². The van der Waals surface area contributed by atoms with Crippen LogP contribution >= 0.6 is 0 Å². The lowest BCUT2D eigenvalue weighted by atomic mass is 9.44. The molecule has 0 saturated heterocycles. The Morgan fingerprint density at radius 3 is 2.42 bits per heavy atom. The summed E-state index contributed by atoms with van der Waals surface area (Å²) in [6.07, 6.45) is 8.80. The SMILES string of the molecule is CC(C)[C@H]1CCC2C3C(=O)C[C@@H]4C[C@H](OC=O)CC[C@]4(C)C3CC[C@@]21C. The molecular formula is C23H36O3. The summed E-state index contributed by atoms with van der Waals surface area (Å²) < 4.78 is 5.28. The number of carbonyl (C=O) groups is 2. The summed E-state index contributed by atoms with van der Waals surface area (Å²) in [6.45, 7) is 10.3. The molecule has 0 aromatic carbocycles. The Morgan fingerprint density at radius 2 is 1.73 bits per heavy atom. The average Bonchev–Trinajstić information content (AvgIpc) is 2.94. The second-order valence-electron chi connectivity index (χ2n) is 10.7. The third-order valence-corrected chi connectivity index (χ3v) is 9.55. The fourth-order valence-electron chi connectivity index (χ4n) is 8.23. The molecule has 4 fully saturated rings. The first kappa shape index (κ1) is 18.5. The van der Waals surface area contributed by atoms with E-state index < -0.39 is 0 Å². The topological polar surface area (TPSA) is 43.4 Å². The average molecular weight is 361 g/mol. The zero-order chi connectivity index (χ0) is 18.7. The van der Waals surface area contributed by atoms with Crippen molar-refractivity contribution < 1.29 is 14.3 Å². The number of hydrogen-bond acceptors (Lipinski definition) is 3. The van der Waals surface area contributed by atoms with Crippen LogP contribution in [0.3, 0.4) is 0 Å². The normalized spacial score (nSPS) is 50.7. The van der Waals surface area contributed by atoms with Gasteiger partial charge in [-0.05, 0) is 85.4 Å². The molecule has 8 atom stereocenters. The molecule has 146 valence electrons. The highest BCUT2D eigenvalue weighted by atomic mass is 16.5. The van der Waals surface area contributed by atoms with E-state index in [1.807, 2.05) is 0 Å². The van der Waals surface area contributed by atoms with Crippen LogP contribution < -0.4 is 0 Å². The van der Waals surface area contributed by atoms with Gasteiger partial charge in [-0.2, -0.15) is 0 Å². The lowest BCUT2D eigenvalue weighted by Gasteiger charge is -2.60. The van der Waals surface area contributed by atoms with Crippen LogP contribution in [0.4, 0.5) is 0 Å². The van der Waals surface area contributed by atoms with Crippen molar-refractivity contribution in [2.75, 3.05) is 0 Å². The quantitative estimate of drug-likeness (QED) is 0.664. The molecule has 0 amide bonds. The summed E-state index contributed by atoms with van der Waals surface area (Å²) in [5.41, 5.74) is 0.630. The van der Waals surface area contributed by atoms with Crippen molar-refractivity contribution in [1.29, 1.82) is 0 Å². The standard InChI is InChI=1S/C23H36O3/c1-14(2)17-5-6-18-21-19(8-10-23(17,18)4)22(3)9-7-16(26-13-24)11-15(22)12-20(21)25/h13-19,21H,5-12H2,1-4H3/t15-,16+,17+,18?,19?,21?,22-,23+/m0/s1. The molecule has 26 heavy (non-hydrogen) atoms. The zero-order valence-corrected chi connectivity index (χ0v) is 17.0. The van der Waals surface area contributed by atoms with Crippen LogP contribution in [0.1, 0.15) is 79.1 Å². The van der Waals surface area contributed by atoms with Gasteiger partial charge in [0.15, 0.2) is 0 Å². The van der Waals surface area contributed by atoms with Crippen molar-refractivity contribution >= 4 is 12.3 Å². The van der Waals surface area contributed by atoms with Crippen molar-refractivity contribution in [2.45, 2.75) is 85.2 Å². The molecule has 0 radical (unpaired) electrons. The van der Waals surface area contributed by atoms with Gasteiger partial charge in [-0.1, -0.05) is 27.7 Å². The van der Waals surface area contributed by atoms with Crippen LogP contribution in [0, 0.1) is 46.3 Å². The maximum atomic E-state index is 13.3. The van der Waals surface area contributed by atoms with Gasteiger partial charge < -0.3 is 4.74 Å². The molecule has 3 heteroatoms. The summed E-state index contributed by atoms with van der Waals surface area (Å²) in [7, 11) is 0. The maximum Gasteiger partial charge on any atom is 0.293 e. The third kappa shape index (κ3) is 2.52. The predicted octanol–water partition coefficient (Wildman–Crippen LogP) is 5.02. The van der Waals surface area contributed by atoms with E-state index in [0.717, 1.165) is 37.5 Å². The Morgan fingerprint density at radius 1 is 1.04 bits per heavy atom. The van der Waals surface area contributed by atoms with E-state index in [-0.39, 0.29) is 11.5 Å². The van der Waals surface area contributed by atoms with E-state index in [2.05, 4.69) is 27.7 Å². The fraction of sp³-hybridized carbons (Fsp3) is 0.913. The van der Waals surface area contributed by atoms with Crippen LogP contribution in [-0.4, -0.2) is 18.4 Å². The Kier molecular flexibility index (Phi) is 4.51. The van der Waals surface area contributed by atoms with Gasteiger partial charge in [0.1, 0.15) is 11.9 Å². The highest BCUT2D eigenvalue weighted by Gasteiger charge is 2.62. The van der Waals surface area contributed by atoms with E-state index in [4.69, 9.17) is 4.74 Å². The van der Waals surface area contributed by atoms with Crippen LogP contribution in [-0.2, 0) is 14.3 Å². The molecular weight excluding hydrogens is 324 g/mol. The van der Waals surface area contributed by atoms with Gasteiger partial charge in [0.2, 0.25) is 0 Å². The predicted molar refractivity (Wildman–Crippen MR) is 101 cm³/mol. The van der Waals surface area contributed by atoms with Gasteiger partial charge in [0.25, 0.3) is 6.47 Å². The number of carbonyl (C=O) groups excluding carboxylic acids is 2. The van der Waals surface area contributed by atoms with E-state index in [1.165, 1.54) is 25.7 Å². The summed E-state index contributed by atoms with van der Waals surface area (Å²) in [4.78, 5) is 24.1. The van der Waals surface area contributed by atoms with Crippen molar-refractivity contribution in [2.24, 2.45) is 46.3 Å². The number of ether oxygens (including phenoxy) is 1. The molecule has 4 saturated carbocycles. The molecule has 0 aromatic heterocycles. The number of rotatable bonds is 3. The first-order valence-electron chi connectivity index (χ1n) is 10.9. The smallest absolute Gasteiger partial charge is 0.293 e.